The number of likely N-dealkylation sites (N-methyl/N-ethyl adjacent to an activating group) is 1. The number of carboxylic acids is 1. The molecular formula is C14H25N3O3. The number of aliphatic carboxylic acids is 1. The number of carboxylic acid groups (broad SMARTS) is 1. The number of nitrogens with zero attached hydrogens (tertiary/aromatic N) is 2. The molecule has 6 heteroatoms. The van der Waals surface area contributed by atoms with Crippen molar-refractivity contribution in [3.8, 4) is 0 Å². The molecule has 0 aliphatic carbocycles. The molecule has 2 fully saturated rings. The van der Waals surface area contributed by atoms with Crippen LogP contribution >= 0.6 is 0 Å². The van der Waals surface area contributed by atoms with Crippen molar-refractivity contribution in [3.63, 3.8) is 0 Å². The van der Waals surface area contributed by atoms with Crippen LogP contribution in [0.25, 0.3) is 0 Å². The highest BCUT2D eigenvalue weighted by molar-refractivity contribution is 5.82. The topological polar surface area (TPSA) is 72.9 Å². The van der Waals surface area contributed by atoms with Crippen LogP contribution < -0.4 is 5.32 Å². The average Bonchev–Trinajstić information content (AvgIpc) is 2.94. The van der Waals surface area contributed by atoms with E-state index in [1.165, 1.54) is 0 Å². The van der Waals surface area contributed by atoms with Gasteiger partial charge in [-0.25, -0.2) is 0 Å². The van der Waals surface area contributed by atoms with Gasteiger partial charge in [0.05, 0.1) is 12.5 Å². The largest absolute Gasteiger partial charge is 0.481 e. The molecule has 2 N–H and O–H groups in total. The first-order valence-electron chi connectivity index (χ1n) is 7.53. The zero-order valence-electron chi connectivity index (χ0n) is 12.2. The van der Waals surface area contributed by atoms with E-state index >= 15 is 0 Å². The molecule has 0 spiro atoms. The first-order valence-corrected chi connectivity index (χ1v) is 7.53. The molecule has 2 heterocycles. The number of piperidine rings is 1. The molecule has 20 heavy (non-hydrogen) atoms. The van der Waals surface area contributed by atoms with E-state index in [1.54, 1.807) is 11.9 Å². The number of hydrogen-bond donors (Lipinski definition) is 2. The van der Waals surface area contributed by atoms with E-state index in [1.807, 2.05) is 0 Å². The monoisotopic (exact) mass is 283 g/mol. The smallest absolute Gasteiger partial charge is 0.305 e. The van der Waals surface area contributed by atoms with Gasteiger partial charge in [-0.15, -0.1) is 0 Å². The van der Waals surface area contributed by atoms with E-state index in [0.717, 1.165) is 45.3 Å². The summed E-state index contributed by atoms with van der Waals surface area (Å²) in [6.45, 7) is 3.34. The molecule has 2 saturated heterocycles. The van der Waals surface area contributed by atoms with Gasteiger partial charge in [-0.3, -0.25) is 14.5 Å². The highest BCUT2D eigenvalue weighted by Crippen LogP contribution is 2.25. The van der Waals surface area contributed by atoms with Crippen LogP contribution in [0.1, 0.15) is 32.1 Å². The van der Waals surface area contributed by atoms with Gasteiger partial charge in [0.25, 0.3) is 0 Å². The summed E-state index contributed by atoms with van der Waals surface area (Å²) in [5, 5.41) is 12.1. The molecule has 1 amide bonds. The van der Waals surface area contributed by atoms with E-state index in [9.17, 15) is 9.59 Å². The van der Waals surface area contributed by atoms with Crippen molar-refractivity contribution in [2.75, 3.05) is 33.2 Å². The Morgan fingerprint density at radius 2 is 2.00 bits per heavy atom. The summed E-state index contributed by atoms with van der Waals surface area (Å²) in [4.78, 5) is 27.0. The fourth-order valence-corrected chi connectivity index (χ4v) is 3.26. The summed E-state index contributed by atoms with van der Waals surface area (Å²) < 4.78 is 0. The van der Waals surface area contributed by atoms with Crippen LogP contribution in [-0.2, 0) is 9.59 Å². The predicted molar refractivity (Wildman–Crippen MR) is 75.5 cm³/mol. The summed E-state index contributed by atoms with van der Waals surface area (Å²) in [6.07, 6.45) is 4.18. The first kappa shape index (κ1) is 15.3. The lowest BCUT2D eigenvalue weighted by Crippen LogP contribution is -2.51. The van der Waals surface area contributed by atoms with E-state index in [4.69, 9.17) is 5.11 Å². The van der Waals surface area contributed by atoms with E-state index < -0.39 is 5.97 Å². The lowest BCUT2D eigenvalue weighted by Gasteiger charge is -2.36. The van der Waals surface area contributed by atoms with E-state index in [2.05, 4.69) is 10.2 Å². The molecule has 0 bridgehead atoms. The molecular weight excluding hydrogens is 258 g/mol. The number of nitrogens with one attached hydrogen (secondary N) is 1. The Morgan fingerprint density at radius 1 is 1.30 bits per heavy atom. The molecule has 0 aromatic rings. The van der Waals surface area contributed by atoms with Gasteiger partial charge in [-0.05, 0) is 45.3 Å². The van der Waals surface area contributed by atoms with E-state index in [-0.39, 0.29) is 18.4 Å². The Kier molecular flexibility index (Phi) is 5.37. The van der Waals surface area contributed by atoms with Gasteiger partial charge >= 0.3 is 5.97 Å². The second kappa shape index (κ2) is 7.04. The van der Waals surface area contributed by atoms with Crippen molar-refractivity contribution < 1.29 is 14.7 Å². The van der Waals surface area contributed by atoms with Gasteiger partial charge in [0, 0.05) is 19.6 Å². The highest BCUT2D eigenvalue weighted by atomic mass is 16.4. The SMILES string of the molecule is CN(CCC(=O)O)C(=O)C1CCCN1C1CCNCC1. The number of carbonyl (C=O) groups is 2. The number of amides is 1. The van der Waals surface area contributed by atoms with Crippen LogP contribution in [0, 0.1) is 0 Å². The minimum absolute atomic E-state index is 0.0162. The van der Waals surface area contributed by atoms with Gasteiger partial charge in [0.15, 0.2) is 0 Å². The normalized spacial score (nSPS) is 24.8. The Morgan fingerprint density at radius 3 is 2.65 bits per heavy atom. The number of carbonyl (C=O) groups excluding carboxylic acids is 1. The first-order chi connectivity index (χ1) is 9.59. The third-order valence-electron chi connectivity index (χ3n) is 4.39. The van der Waals surface area contributed by atoms with Crippen molar-refractivity contribution in [3.05, 3.63) is 0 Å². The van der Waals surface area contributed by atoms with Crippen LogP contribution in [0.3, 0.4) is 0 Å². The molecule has 2 aliphatic heterocycles. The quantitative estimate of drug-likeness (QED) is 0.750. The Hall–Kier alpha value is -1.14. The van der Waals surface area contributed by atoms with Crippen molar-refractivity contribution >= 4 is 11.9 Å². The van der Waals surface area contributed by atoms with Crippen LogP contribution in [-0.4, -0.2) is 72.1 Å². The average molecular weight is 283 g/mol. The molecule has 6 nitrogen and oxygen atoms in total. The lowest BCUT2D eigenvalue weighted by molar-refractivity contribution is -0.139. The molecule has 2 rings (SSSR count). The molecule has 0 saturated carbocycles. The van der Waals surface area contributed by atoms with Crippen LogP contribution in [0.5, 0.6) is 0 Å². The Bertz CT molecular complexity index is 356. The summed E-state index contributed by atoms with van der Waals surface area (Å²) in [5.41, 5.74) is 0. The Labute approximate surface area is 120 Å². The minimum Gasteiger partial charge on any atom is -0.481 e. The number of likely N-dealkylation sites (tertiary alicyclic amines) is 1. The molecule has 0 radical (unpaired) electrons. The predicted octanol–water partition coefficient (Wildman–Crippen LogP) is 0.136. The van der Waals surface area contributed by atoms with Crippen molar-refractivity contribution in [1.82, 2.24) is 15.1 Å². The van der Waals surface area contributed by atoms with Gasteiger partial charge in [-0.1, -0.05) is 0 Å². The highest BCUT2D eigenvalue weighted by Gasteiger charge is 2.36. The van der Waals surface area contributed by atoms with E-state index in [0.29, 0.717) is 12.6 Å². The Balaban J connectivity index is 1.91. The van der Waals surface area contributed by atoms with Gasteiger partial charge in [-0.2, -0.15) is 0 Å². The zero-order chi connectivity index (χ0) is 14.5. The number of rotatable bonds is 5. The summed E-state index contributed by atoms with van der Waals surface area (Å²) in [7, 11) is 1.71. The molecule has 2 aliphatic rings. The van der Waals surface area contributed by atoms with Crippen LogP contribution in [0.4, 0.5) is 0 Å². The molecule has 1 unspecified atom stereocenters. The summed E-state index contributed by atoms with van der Waals surface area (Å²) >= 11 is 0. The third kappa shape index (κ3) is 3.70. The fourth-order valence-electron chi connectivity index (χ4n) is 3.26. The molecule has 1 atom stereocenters. The lowest BCUT2D eigenvalue weighted by atomic mass is 10.0. The summed E-state index contributed by atoms with van der Waals surface area (Å²) in [5.74, 6) is -0.770. The zero-order valence-corrected chi connectivity index (χ0v) is 12.2. The second-order valence-electron chi connectivity index (χ2n) is 5.78. The molecule has 0 aromatic carbocycles. The van der Waals surface area contributed by atoms with Crippen molar-refractivity contribution in [2.24, 2.45) is 0 Å². The maximum absolute atomic E-state index is 12.5. The van der Waals surface area contributed by atoms with Crippen molar-refractivity contribution in [2.45, 2.75) is 44.2 Å². The van der Waals surface area contributed by atoms with Gasteiger partial charge < -0.3 is 15.3 Å². The van der Waals surface area contributed by atoms with Gasteiger partial charge in [0.1, 0.15) is 0 Å². The molecule has 0 aromatic heterocycles. The minimum atomic E-state index is -0.855. The standard InChI is InChI=1S/C14H25N3O3/c1-16(10-6-13(18)19)14(20)12-3-2-9-17(12)11-4-7-15-8-5-11/h11-12,15H,2-10H2,1H3,(H,18,19). The molecule has 114 valence electrons. The van der Waals surface area contributed by atoms with Crippen LogP contribution in [0.2, 0.25) is 0 Å². The summed E-state index contributed by atoms with van der Waals surface area (Å²) in [6, 6.07) is 0.456. The fraction of sp³-hybridized carbons (Fsp3) is 0.857. The third-order valence-corrected chi connectivity index (χ3v) is 4.39. The van der Waals surface area contributed by atoms with Gasteiger partial charge in [0.2, 0.25) is 5.91 Å². The maximum Gasteiger partial charge on any atom is 0.305 e. The van der Waals surface area contributed by atoms with Crippen LogP contribution in [0.15, 0.2) is 0 Å². The van der Waals surface area contributed by atoms with Crippen molar-refractivity contribution in [1.29, 1.82) is 0 Å². The number of hydrogen-bond acceptors (Lipinski definition) is 4. The maximum atomic E-state index is 12.5. The second-order valence-corrected chi connectivity index (χ2v) is 5.78.